The summed E-state index contributed by atoms with van der Waals surface area (Å²) < 4.78 is 0. The van der Waals surface area contributed by atoms with Crippen molar-refractivity contribution in [3.63, 3.8) is 0 Å². The summed E-state index contributed by atoms with van der Waals surface area (Å²) in [6.07, 6.45) is 0. The minimum Gasteiger partial charge on any atom is -0.308 e. The van der Waals surface area contributed by atoms with E-state index >= 15 is 0 Å². The largest absolute Gasteiger partial charge is 0.308 e. The van der Waals surface area contributed by atoms with Crippen LogP contribution in [0.3, 0.4) is 0 Å². The summed E-state index contributed by atoms with van der Waals surface area (Å²) in [6.45, 7) is 15.3. The second kappa shape index (κ2) is 5.48. The van der Waals surface area contributed by atoms with Gasteiger partial charge in [0.2, 0.25) is 0 Å². The highest BCUT2D eigenvalue weighted by atomic mass is 15.3. The summed E-state index contributed by atoms with van der Waals surface area (Å²) in [7, 11) is 4.30. The van der Waals surface area contributed by atoms with Gasteiger partial charge in [-0.1, -0.05) is 0 Å². The average molecular weight is 227 g/mol. The molecule has 96 valence electrons. The zero-order valence-corrected chi connectivity index (χ0v) is 12.0. The van der Waals surface area contributed by atoms with E-state index in [-0.39, 0.29) is 0 Å². The van der Waals surface area contributed by atoms with E-state index in [4.69, 9.17) is 0 Å². The average Bonchev–Trinajstić information content (AvgIpc) is 2.12. The standard InChI is InChI=1S/C13H29N3/c1-12-11-15(8-7-14(5)6)9-10-16(12)13(2,3)4/h12H,7-11H2,1-6H3/t12-/m0/s1. The summed E-state index contributed by atoms with van der Waals surface area (Å²) in [5.74, 6) is 0. The van der Waals surface area contributed by atoms with Crippen molar-refractivity contribution in [2.45, 2.75) is 39.3 Å². The SMILES string of the molecule is C[C@H]1CN(CCN(C)C)CCN1C(C)(C)C. The number of hydrogen-bond donors (Lipinski definition) is 0. The highest BCUT2D eigenvalue weighted by Gasteiger charge is 2.30. The van der Waals surface area contributed by atoms with Gasteiger partial charge in [0.15, 0.2) is 0 Å². The molecule has 0 saturated carbocycles. The van der Waals surface area contributed by atoms with Gasteiger partial charge in [0.1, 0.15) is 0 Å². The van der Waals surface area contributed by atoms with E-state index in [0.29, 0.717) is 11.6 Å². The first-order chi connectivity index (χ1) is 7.30. The number of piperazine rings is 1. The van der Waals surface area contributed by atoms with Crippen LogP contribution in [0.4, 0.5) is 0 Å². The summed E-state index contributed by atoms with van der Waals surface area (Å²) in [5.41, 5.74) is 0.313. The van der Waals surface area contributed by atoms with Crippen LogP contribution in [0.2, 0.25) is 0 Å². The van der Waals surface area contributed by atoms with E-state index in [9.17, 15) is 0 Å². The number of hydrogen-bond acceptors (Lipinski definition) is 3. The van der Waals surface area contributed by atoms with Crippen molar-refractivity contribution < 1.29 is 0 Å². The zero-order valence-electron chi connectivity index (χ0n) is 12.0. The molecule has 1 aliphatic heterocycles. The zero-order chi connectivity index (χ0) is 12.3. The Morgan fingerprint density at radius 3 is 2.25 bits per heavy atom. The van der Waals surface area contributed by atoms with Crippen LogP contribution >= 0.6 is 0 Å². The maximum atomic E-state index is 2.62. The lowest BCUT2D eigenvalue weighted by Gasteiger charge is -2.47. The molecule has 0 N–H and O–H groups in total. The Morgan fingerprint density at radius 1 is 1.19 bits per heavy atom. The van der Waals surface area contributed by atoms with Gasteiger partial charge < -0.3 is 4.90 Å². The van der Waals surface area contributed by atoms with Crippen LogP contribution < -0.4 is 0 Å². The molecule has 1 atom stereocenters. The molecule has 0 aromatic heterocycles. The lowest BCUT2D eigenvalue weighted by Crippen LogP contribution is -2.58. The molecular weight excluding hydrogens is 198 g/mol. The van der Waals surface area contributed by atoms with Crippen LogP contribution in [-0.2, 0) is 0 Å². The van der Waals surface area contributed by atoms with E-state index in [0.717, 1.165) is 0 Å². The fourth-order valence-electron chi connectivity index (χ4n) is 2.57. The van der Waals surface area contributed by atoms with Crippen LogP contribution in [0, 0.1) is 0 Å². The Hall–Kier alpha value is -0.120. The third-order valence-electron chi connectivity index (χ3n) is 3.44. The fourth-order valence-corrected chi connectivity index (χ4v) is 2.57. The maximum absolute atomic E-state index is 2.62. The van der Waals surface area contributed by atoms with E-state index in [1.54, 1.807) is 0 Å². The van der Waals surface area contributed by atoms with Gasteiger partial charge >= 0.3 is 0 Å². The molecule has 0 amide bonds. The van der Waals surface area contributed by atoms with Crippen LogP contribution in [0.15, 0.2) is 0 Å². The molecule has 3 nitrogen and oxygen atoms in total. The molecule has 0 unspecified atom stereocenters. The number of rotatable bonds is 3. The molecule has 0 aromatic rings. The fraction of sp³-hybridized carbons (Fsp3) is 1.00. The lowest BCUT2D eigenvalue weighted by atomic mass is 10.0. The molecule has 0 bridgehead atoms. The molecule has 0 spiro atoms. The van der Waals surface area contributed by atoms with E-state index < -0.39 is 0 Å². The van der Waals surface area contributed by atoms with Crippen molar-refractivity contribution in [3.05, 3.63) is 0 Å². The molecule has 0 radical (unpaired) electrons. The minimum atomic E-state index is 0.313. The van der Waals surface area contributed by atoms with Crippen molar-refractivity contribution in [1.82, 2.24) is 14.7 Å². The second-order valence-electron chi connectivity index (χ2n) is 6.32. The highest BCUT2D eigenvalue weighted by Crippen LogP contribution is 2.20. The van der Waals surface area contributed by atoms with Crippen molar-refractivity contribution in [2.24, 2.45) is 0 Å². The first-order valence-electron chi connectivity index (χ1n) is 6.44. The van der Waals surface area contributed by atoms with E-state index in [2.05, 4.69) is 56.5 Å². The molecule has 1 rings (SSSR count). The Labute approximate surface area is 101 Å². The van der Waals surface area contributed by atoms with Crippen molar-refractivity contribution in [2.75, 3.05) is 46.8 Å². The molecule has 1 saturated heterocycles. The van der Waals surface area contributed by atoms with Gasteiger partial charge in [-0.05, 0) is 41.8 Å². The van der Waals surface area contributed by atoms with E-state index in [1.807, 2.05) is 0 Å². The molecule has 1 aliphatic rings. The highest BCUT2D eigenvalue weighted by molar-refractivity contribution is 4.87. The Kier molecular flexibility index (Phi) is 4.77. The molecule has 1 heterocycles. The number of nitrogens with zero attached hydrogens (tertiary/aromatic N) is 3. The summed E-state index contributed by atoms with van der Waals surface area (Å²) in [6, 6.07) is 0.677. The third kappa shape index (κ3) is 4.04. The van der Waals surface area contributed by atoms with E-state index in [1.165, 1.54) is 32.7 Å². The van der Waals surface area contributed by atoms with Crippen molar-refractivity contribution in [3.8, 4) is 0 Å². The Bertz CT molecular complexity index is 208. The lowest BCUT2D eigenvalue weighted by molar-refractivity contribution is 0.0164. The molecule has 1 fully saturated rings. The van der Waals surface area contributed by atoms with Gasteiger partial charge in [0, 0.05) is 44.3 Å². The first-order valence-corrected chi connectivity index (χ1v) is 6.44. The number of likely N-dealkylation sites (N-methyl/N-ethyl adjacent to an activating group) is 1. The third-order valence-corrected chi connectivity index (χ3v) is 3.44. The summed E-state index contributed by atoms with van der Waals surface area (Å²) in [4.78, 5) is 7.48. The summed E-state index contributed by atoms with van der Waals surface area (Å²) in [5, 5.41) is 0. The Balaban J connectivity index is 2.40. The van der Waals surface area contributed by atoms with Gasteiger partial charge in [0.05, 0.1) is 0 Å². The molecule has 16 heavy (non-hydrogen) atoms. The molecule has 0 aliphatic carbocycles. The van der Waals surface area contributed by atoms with Gasteiger partial charge in [-0.15, -0.1) is 0 Å². The molecule has 3 heteroatoms. The maximum Gasteiger partial charge on any atom is 0.0200 e. The molecular formula is C13H29N3. The predicted molar refractivity (Wildman–Crippen MR) is 70.9 cm³/mol. The van der Waals surface area contributed by atoms with Crippen molar-refractivity contribution in [1.29, 1.82) is 0 Å². The summed E-state index contributed by atoms with van der Waals surface area (Å²) >= 11 is 0. The first kappa shape index (κ1) is 13.9. The topological polar surface area (TPSA) is 9.72 Å². The minimum absolute atomic E-state index is 0.313. The van der Waals surface area contributed by atoms with Crippen LogP contribution in [0.5, 0.6) is 0 Å². The van der Waals surface area contributed by atoms with Crippen LogP contribution in [-0.4, -0.2) is 73.1 Å². The van der Waals surface area contributed by atoms with Gasteiger partial charge in [-0.3, -0.25) is 9.80 Å². The smallest absolute Gasteiger partial charge is 0.0200 e. The van der Waals surface area contributed by atoms with Gasteiger partial charge in [-0.25, -0.2) is 0 Å². The normalized spacial score (nSPS) is 25.3. The van der Waals surface area contributed by atoms with Gasteiger partial charge in [-0.2, -0.15) is 0 Å². The van der Waals surface area contributed by atoms with Crippen LogP contribution in [0.1, 0.15) is 27.7 Å². The Morgan fingerprint density at radius 2 is 1.81 bits per heavy atom. The second-order valence-corrected chi connectivity index (χ2v) is 6.32. The van der Waals surface area contributed by atoms with Crippen molar-refractivity contribution >= 4 is 0 Å². The predicted octanol–water partition coefficient (Wildman–Crippen LogP) is 1.35. The molecule has 0 aromatic carbocycles. The van der Waals surface area contributed by atoms with Gasteiger partial charge in [0.25, 0.3) is 0 Å². The van der Waals surface area contributed by atoms with Crippen LogP contribution in [0.25, 0.3) is 0 Å². The monoisotopic (exact) mass is 227 g/mol. The quantitative estimate of drug-likeness (QED) is 0.721.